The largest absolute Gasteiger partial charge is 0.342 e. The minimum Gasteiger partial charge on any atom is -0.342 e. The van der Waals surface area contributed by atoms with E-state index in [0.717, 1.165) is 29.2 Å². The van der Waals surface area contributed by atoms with Crippen LogP contribution in [0.5, 0.6) is 0 Å². The molecule has 2 aromatic rings. The zero-order valence-electron chi connectivity index (χ0n) is 15.2. The molecular formula is C19H26N4OS. The van der Waals surface area contributed by atoms with Crippen LogP contribution < -0.4 is 0 Å². The van der Waals surface area contributed by atoms with Gasteiger partial charge in [-0.25, -0.2) is 0 Å². The van der Waals surface area contributed by atoms with E-state index in [1.54, 1.807) is 6.33 Å². The predicted molar refractivity (Wildman–Crippen MR) is 101 cm³/mol. The van der Waals surface area contributed by atoms with Gasteiger partial charge < -0.3 is 4.90 Å². The van der Waals surface area contributed by atoms with Gasteiger partial charge in [-0.05, 0) is 38.3 Å². The van der Waals surface area contributed by atoms with E-state index >= 15 is 0 Å². The van der Waals surface area contributed by atoms with Crippen LogP contribution in [0, 0.1) is 6.92 Å². The molecule has 0 saturated heterocycles. The number of thioether (sulfide) groups is 1. The number of carbonyl (C=O) groups excluding carboxylic acids is 1. The van der Waals surface area contributed by atoms with Gasteiger partial charge in [-0.2, -0.15) is 0 Å². The maximum Gasteiger partial charge on any atom is 0.235 e. The molecule has 1 saturated carbocycles. The molecule has 1 aromatic heterocycles. The molecule has 1 fully saturated rings. The highest BCUT2D eigenvalue weighted by atomic mass is 32.2. The first-order chi connectivity index (χ1) is 12.1. The third-order valence-corrected chi connectivity index (χ3v) is 6.04. The summed E-state index contributed by atoms with van der Waals surface area (Å²) in [6.07, 6.45) is 7.71. The monoisotopic (exact) mass is 358 g/mol. The second-order valence-corrected chi connectivity index (χ2v) is 8.08. The SMILES string of the molecule is Cc1ccccc1-n1cnnc1S[C@H](C)C(=O)N(C)C1CCCCC1. The van der Waals surface area contributed by atoms with Crippen LogP contribution in [-0.4, -0.2) is 43.9 Å². The van der Waals surface area contributed by atoms with Crippen molar-refractivity contribution >= 4 is 17.7 Å². The predicted octanol–water partition coefficient (Wildman–Crippen LogP) is 3.85. The van der Waals surface area contributed by atoms with Crippen molar-refractivity contribution in [3.05, 3.63) is 36.2 Å². The van der Waals surface area contributed by atoms with Crippen LogP contribution in [-0.2, 0) is 4.79 Å². The molecule has 0 radical (unpaired) electrons. The third-order valence-electron chi connectivity index (χ3n) is 4.99. The lowest BCUT2D eigenvalue weighted by Crippen LogP contribution is -2.42. The second-order valence-electron chi connectivity index (χ2n) is 6.77. The smallest absolute Gasteiger partial charge is 0.235 e. The number of aryl methyl sites for hydroxylation is 1. The number of para-hydroxylation sites is 1. The average molecular weight is 359 g/mol. The molecule has 3 rings (SSSR count). The lowest BCUT2D eigenvalue weighted by atomic mass is 9.94. The fourth-order valence-corrected chi connectivity index (χ4v) is 4.38. The lowest BCUT2D eigenvalue weighted by molar-refractivity contribution is -0.131. The Morgan fingerprint density at radius 3 is 2.72 bits per heavy atom. The van der Waals surface area contributed by atoms with Gasteiger partial charge in [0.05, 0.1) is 10.9 Å². The van der Waals surface area contributed by atoms with Crippen LogP contribution in [0.3, 0.4) is 0 Å². The highest BCUT2D eigenvalue weighted by molar-refractivity contribution is 8.00. The minimum absolute atomic E-state index is 0.177. The fourth-order valence-electron chi connectivity index (χ4n) is 3.45. The van der Waals surface area contributed by atoms with E-state index in [1.165, 1.54) is 31.0 Å². The van der Waals surface area contributed by atoms with Gasteiger partial charge in [-0.3, -0.25) is 9.36 Å². The first kappa shape index (κ1) is 18.0. The Labute approximate surface area is 153 Å². The molecule has 1 aliphatic carbocycles. The number of amides is 1. The molecule has 134 valence electrons. The van der Waals surface area contributed by atoms with Gasteiger partial charge in [0.25, 0.3) is 0 Å². The summed E-state index contributed by atoms with van der Waals surface area (Å²) in [7, 11) is 1.95. The summed E-state index contributed by atoms with van der Waals surface area (Å²) >= 11 is 1.48. The molecule has 6 heteroatoms. The molecule has 0 aliphatic heterocycles. The van der Waals surface area contributed by atoms with Crippen LogP contribution >= 0.6 is 11.8 Å². The molecule has 1 heterocycles. The molecule has 0 unspecified atom stereocenters. The molecule has 1 aliphatic rings. The molecule has 1 amide bonds. The number of carbonyl (C=O) groups is 1. The van der Waals surface area contributed by atoms with E-state index < -0.39 is 0 Å². The van der Waals surface area contributed by atoms with Crippen molar-refractivity contribution in [1.82, 2.24) is 19.7 Å². The molecule has 25 heavy (non-hydrogen) atoms. The molecule has 5 nitrogen and oxygen atoms in total. The number of rotatable bonds is 5. The van der Waals surface area contributed by atoms with E-state index in [2.05, 4.69) is 23.2 Å². The molecule has 0 spiro atoms. The van der Waals surface area contributed by atoms with Crippen molar-refractivity contribution in [3.63, 3.8) is 0 Å². The van der Waals surface area contributed by atoms with Gasteiger partial charge >= 0.3 is 0 Å². The van der Waals surface area contributed by atoms with Gasteiger partial charge in [-0.15, -0.1) is 10.2 Å². The van der Waals surface area contributed by atoms with E-state index in [-0.39, 0.29) is 11.2 Å². The van der Waals surface area contributed by atoms with Gasteiger partial charge in [0, 0.05) is 13.1 Å². The zero-order valence-corrected chi connectivity index (χ0v) is 16.0. The van der Waals surface area contributed by atoms with Crippen LogP contribution in [0.4, 0.5) is 0 Å². The van der Waals surface area contributed by atoms with Crippen molar-refractivity contribution < 1.29 is 4.79 Å². The Bertz CT molecular complexity index is 724. The highest BCUT2D eigenvalue weighted by Gasteiger charge is 2.27. The first-order valence-electron chi connectivity index (χ1n) is 8.97. The Hall–Kier alpha value is -1.82. The maximum atomic E-state index is 12.8. The van der Waals surface area contributed by atoms with Crippen LogP contribution in [0.2, 0.25) is 0 Å². The number of benzene rings is 1. The van der Waals surface area contributed by atoms with Gasteiger partial charge in [0.15, 0.2) is 5.16 Å². The Morgan fingerprint density at radius 1 is 1.28 bits per heavy atom. The van der Waals surface area contributed by atoms with Crippen molar-refractivity contribution in [2.24, 2.45) is 0 Å². The number of hydrogen-bond donors (Lipinski definition) is 0. The van der Waals surface area contributed by atoms with Gasteiger partial charge in [0.1, 0.15) is 6.33 Å². The Kier molecular flexibility index (Phi) is 5.78. The summed E-state index contributed by atoms with van der Waals surface area (Å²) in [6, 6.07) is 8.51. The fraction of sp³-hybridized carbons (Fsp3) is 0.526. The van der Waals surface area contributed by atoms with E-state index in [1.807, 2.05) is 41.6 Å². The normalized spacial score (nSPS) is 16.6. The summed E-state index contributed by atoms with van der Waals surface area (Å²) in [5.74, 6) is 0.177. The lowest BCUT2D eigenvalue weighted by Gasteiger charge is -2.32. The van der Waals surface area contributed by atoms with Crippen molar-refractivity contribution in [3.8, 4) is 5.69 Å². The molecule has 0 N–H and O–H groups in total. The summed E-state index contributed by atoms with van der Waals surface area (Å²) in [5.41, 5.74) is 2.21. The number of nitrogens with zero attached hydrogens (tertiary/aromatic N) is 4. The first-order valence-corrected chi connectivity index (χ1v) is 9.85. The zero-order chi connectivity index (χ0) is 17.8. The Balaban J connectivity index is 1.71. The number of hydrogen-bond acceptors (Lipinski definition) is 4. The quantitative estimate of drug-likeness (QED) is 0.762. The van der Waals surface area contributed by atoms with Crippen molar-refractivity contribution in [2.75, 3.05) is 7.05 Å². The summed E-state index contributed by atoms with van der Waals surface area (Å²) in [6.45, 7) is 4.03. The average Bonchev–Trinajstić information content (AvgIpc) is 3.09. The molecular weight excluding hydrogens is 332 g/mol. The summed E-state index contributed by atoms with van der Waals surface area (Å²) in [4.78, 5) is 14.8. The molecule has 1 aromatic carbocycles. The standard InChI is InChI=1S/C19H26N4OS/c1-14-9-7-8-12-17(14)23-13-20-21-19(23)25-15(2)18(24)22(3)16-10-5-4-6-11-16/h7-9,12-13,15-16H,4-6,10-11H2,1-3H3/t15-/m1/s1. The highest BCUT2D eigenvalue weighted by Crippen LogP contribution is 2.28. The van der Waals surface area contributed by atoms with Crippen molar-refractivity contribution in [1.29, 1.82) is 0 Å². The third kappa shape index (κ3) is 4.06. The second kappa shape index (κ2) is 8.04. The van der Waals surface area contributed by atoms with Gasteiger partial charge in [-0.1, -0.05) is 49.2 Å². The molecule has 0 bridgehead atoms. The van der Waals surface area contributed by atoms with Gasteiger partial charge in [0.2, 0.25) is 5.91 Å². The van der Waals surface area contributed by atoms with Crippen LogP contribution in [0.1, 0.15) is 44.6 Å². The van der Waals surface area contributed by atoms with E-state index in [0.29, 0.717) is 6.04 Å². The molecule has 1 atom stereocenters. The topological polar surface area (TPSA) is 51.0 Å². The summed E-state index contributed by atoms with van der Waals surface area (Å²) < 4.78 is 1.96. The van der Waals surface area contributed by atoms with E-state index in [9.17, 15) is 4.79 Å². The maximum absolute atomic E-state index is 12.8. The summed E-state index contributed by atoms with van der Waals surface area (Å²) in [5, 5.41) is 8.86. The number of aromatic nitrogens is 3. The van der Waals surface area contributed by atoms with Crippen molar-refractivity contribution in [2.45, 2.75) is 62.4 Å². The van der Waals surface area contributed by atoms with Crippen LogP contribution in [0.15, 0.2) is 35.7 Å². The van der Waals surface area contributed by atoms with E-state index in [4.69, 9.17) is 0 Å². The minimum atomic E-state index is -0.182. The van der Waals surface area contributed by atoms with Crippen LogP contribution in [0.25, 0.3) is 5.69 Å². The Morgan fingerprint density at radius 2 is 2.00 bits per heavy atom.